The van der Waals surface area contributed by atoms with Gasteiger partial charge >= 0.3 is 0 Å². The predicted molar refractivity (Wildman–Crippen MR) is 106 cm³/mol. The maximum atomic E-state index is 12.9. The second kappa shape index (κ2) is 9.00. The Bertz CT molecular complexity index is 807. The van der Waals surface area contributed by atoms with Crippen molar-refractivity contribution < 1.29 is 9.59 Å². The first kappa shape index (κ1) is 19.4. The number of carbonyl (C=O) groups is 2. The van der Waals surface area contributed by atoms with Crippen molar-refractivity contribution in [2.75, 3.05) is 6.54 Å². The SMILES string of the molecule is CCC1CCCCN1C(=O)c1cccc(C(=O)NCc2ccc(Cl)cc2)n1. The third-order valence-corrected chi connectivity index (χ3v) is 5.18. The molecule has 2 aromatic rings. The molecule has 2 heterocycles. The molecule has 0 radical (unpaired) electrons. The fourth-order valence-electron chi connectivity index (χ4n) is 3.39. The number of benzene rings is 1. The second-order valence-electron chi connectivity index (χ2n) is 6.77. The third kappa shape index (κ3) is 4.86. The molecule has 0 bridgehead atoms. The number of likely N-dealkylation sites (tertiary alicyclic amines) is 1. The van der Waals surface area contributed by atoms with E-state index in [1.54, 1.807) is 30.3 Å². The Kier molecular flexibility index (Phi) is 6.45. The number of halogens is 1. The van der Waals surface area contributed by atoms with Crippen LogP contribution in [0.5, 0.6) is 0 Å². The molecule has 0 saturated carbocycles. The minimum atomic E-state index is -0.301. The second-order valence-corrected chi connectivity index (χ2v) is 7.21. The smallest absolute Gasteiger partial charge is 0.272 e. The van der Waals surface area contributed by atoms with Crippen molar-refractivity contribution >= 4 is 23.4 Å². The monoisotopic (exact) mass is 385 g/mol. The molecule has 2 amide bonds. The highest BCUT2D eigenvalue weighted by Crippen LogP contribution is 2.21. The van der Waals surface area contributed by atoms with Crippen molar-refractivity contribution in [1.82, 2.24) is 15.2 Å². The number of carbonyl (C=O) groups excluding carboxylic acids is 2. The lowest BCUT2D eigenvalue weighted by atomic mass is 9.99. The fourth-order valence-corrected chi connectivity index (χ4v) is 3.52. The minimum Gasteiger partial charge on any atom is -0.347 e. The van der Waals surface area contributed by atoms with Gasteiger partial charge in [0.05, 0.1) is 0 Å². The molecule has 0 spiro atoms. The first-order valence-corrected chi connectivity index (χ1v) is 9.77. The Morgan fingerprint density at radius 2 is 1.89 bits per heavy atom. The summed E-state index contributed by atoms with van der Waals surface area (Å²) in [6.07, 6.45) is 4.14. The molecule has 1 N–H and O–H groups in total. The molecule has 1 aliphatic rings. The molecule has 142 valence electrons. The number of piperidine rings is 1. The van der Waals surface area contributed by atoms with Crippen LogP contribution in [0, 0.1) is 0 Å². The van der Waals surface area contributed by atoms with Crippen LogP contribution in [0.15, 0.2) is 42.5 Å². The van der Waals surface area contributed by atoms with E-state index in [0.717, 1.165) is 37.8 Å². The fraction of sp³-hybridized carbons (Fsp3) is 0.381. The Hall–Kier alpha value is -2.40. The minimum absolute atomic E-state index is 0.0890. The highest BCUT2D eigenvalue weighted by Gasteiger charge is 2.27. The van der Waals surface area contributed by atoms with Crippen LogP contribution in [0.4, 0.5) is 0 Å². The summed E-state index contributed by atoms with van der Waals surface area (Å²) in [6, 6.07) is 12.6. The quantitative estimate of drug-likeness (QED) is 0.843. The first-order valence-electron chi connectivity index (χ1n) is 9.39. The molecule has 1 fully saturated rings. The van der Waals surface area contributed by atoms with Crippen molar-refractivity contribution in [2.45, 2.75) is 45.2 Å². The molecular formula is C21H24ClN3O2. The molecule has 6 heteroatoms. The van der Waals surface area contributed by atoms with Gasteiger partial charge in [0.15, 0.2) is 0 Å². The lowest BCUT2D eigenvalue weighted by Gasteiger charge is -2.35. The molecule has 5 nitrogen and oxygen atoms in total. The van der Waals surface area contributed by atoms with Crippen molar-refractivity contribution in [2.24, 2.45) is 0 Å². The van der Waals surface area contributed by atoms with E-state index in [1.807, 2.05) is 17.0 Å². The number of amides is 2. The molecule has 1 aromatic heterocycles. The van der Waals surface area contributed by atoms with Gasteiger partial charge in [0.2, 0.25) is 0 Å². The van der Waals surface area contributed by atoms with Crippen LogP contribution in [0.25, 0.3) is 0 Å². The summed E-state index contributed by atoms with van der Waals surface area (Å²) in [5.41, 5.74) is 1.52. The summed E-state index contributed by atoms with van der Waals surface area (Å²) >= 11 is 5.87. The zero-order chi connectivity index (χ0) is 19.2. The number of hydrogen-bond acceptors (Lipinski definition) is 3. The zero-order valence-electron chi connectivity index (χ0n) is 15.5. The summed E-state index contributed by atoms with van der Waals surface area (Å²) in [7, 11) is 0. The van der Waals surface area contributed by atoms with Gasteiger partial charge in [-0.05, 0) is 55.5 Å². The number of hydrogen-bond donors (Lipinski definition) is 1. The first-order chi connectivity index (χ1) is 13.1. The lowest BCUT2D eigenvalue weighted by molar-refractivity contribution is 0.0602. The summed E-state index contributed by atoms with van der Waals surface area (Å²) < 4.78 is 0. The number of aromatic nitrogens is 1. The van der Waals surface area contributed by atoms with Crippen LogP contribution in [0.2, 0.25) is 5.02 Å². The predicted octanol–water partition coefficient (Wildman–Crippen LogP) is 4.07. The van der Waals surface area contributed by atoms with E-state index in [4.69, 9.17) is 11.6 Å². The van der Waals surface area contributed by atoms with E-state index in [-0.39, 0.29) is 23.6 Å². The average Bonchev–Trinajstić information content (AvgIpc) is 2.72. The Balaban J connectivity index is 1.67. The van der Waals surface area contributed by atoms with Crippen molar-refractivity contribution in [3.05, 3.63) is 64.4 Å². The van der Waals surface area contributed by atoms with Gasteiger partial charge in [0.1, 0.15) is 11.4 Å². The van der Waals surface area contributed by atoms with Gasteiger partial charge in [-0.3, -0.25) is 9.59 Å². The summed E-state index contributed by atoms with van der Waals surface area (Å²) in [5.74, 6) is -0.390. The van der Waals surface area contributed by atoms with Gasteiger partial charge < -0.3 is 10.2 Å². The van der Waals surface area contributed by atoms with E-state index in [0.29, 0.717) is 17.3 Å². The molecular weight excluding hydrogens is 362 g/mol. The molecule has 1 saturated heterocycles. The Morgan fingerprint density at radius 3 is 2.63 bits per heavy atom. The summed E-state index contributed by atoms with van der Waals surface area (Å²) in [5, 5.41) is 3.48. The van der Waals surface area contributed by atoms with E-state index >= 15 is 0 Å². The van der Waals surface area contributed by atoms with Crippen molar-refractivity contribution in [3.8, 4) is 0 Å². The van der Waals surface area contributed by atoms with Gasteiger partial charge in [-0.25, -0.2) is 4.98 Å². The van der Waals surface area contributed by atoms with Crippen molar-refractivity contribution in [1.29, 1.82) is 0 Å². The molecule has 1 aromatic carbocycles. The van der Waals surface area contributed by atoms with E-state index in [9.17, 15) is 9.59 Å². The maximum Gasteiger partial charge on any atom is 0.272 e. The number of nitrogens with one attached hydrogen (secondary N) is 1. The van der Waals surface area contributed by atoms with Gasteiger partial charge in [-0.2, -0.15) is 0 Å². The highest BCUT2D eigenvalue weighted by atomic mass is 35.5. The van der Waals surface area contributed by atoms with Gasteiger partial charge in [-0.15, -0.1) is 0 Å². The number of pyridine rings is 1. The lowest BCUT2D eigenvalue weighted by Crippen LogP contribution is -2.43. The summed E-state index contributed by atoms with van der Waals surface area (Å²) in [6.45, 7) is 3.23. The van der Waals surface area contributed by atoms with Crippen molar-refractivity contribution in [3.63, 3.8) is 0 Å². The van der Waals surface area contributed by atoms with Crippen LogP contribution >= 0.6 is 11.6 Å². The number of rotatable bonds is 5. The molecule has 3 rings (SSSR count). The molecule has 0 aliphatic carbocycles. The number of nitrogens with zero attached hydrogens (tertiary/aromatic N) is 2. The van der Waals surface area contributed by atoms with E-state index in [2.05, 4.69) is 17.2 Å². The van der Waals surface area contributed by atoms with Crippen LogP contribution in [0.3, 0.4) is 0 Å². The van der Waals surface area contributed by atoms with Gasteiger partial charge in [0.25, 0.3) is 11.8 Å². The Morgan fingerprint density at radius 1 is 1.15 bits per heavy atom. The van der Waals surface area contributed by atoms with Gasteiger partial charge in [0, 0.05) is 24.2 Å². The largest absolute Gasteiger partial charge is 0.347 e. The average molecular weight is 386 g/mol. The van der Waals surface area contributed by atoms with Gasteiger partial charge in [-0.1, -0.05) is 36.7 Å². The third-order valence-electron chi connectivity index (χ3n) is 4.93. The molecule has 1 unspecified atom stereocenters. The van der Waals surface area contributed by atoms with Crippen LogP contribution in [0.1, 0.15) is 59.1 Å². The molecule has 1 aliphatic heterocycles. The Labute approximate surface area is 164 Å². The molecule has 1 atom stereocenters. The topological polar surface area (TPSA) is 62.3 Å². The summed E-state index contributed by atoms with van der Waals surface area (Å²) in [4.78, 5) is 31.5. The standard InChI is InChI=1S/C21H24ClN3O2/c1-2-17-6-3-4-13-25(17)21(27)19-8-5-7-18(24-19)20(26)23-14-15-9-11-16(22)12-10-15/h5,7-12,17H,2-4,6,13-14H2,1H3,(H,23,26). The van der Waals surface area contributed by atoms with E-state index < -0.39 is 0 Å². The van der Waals surface area contributed by atoms with Crippen LogP contribution in [-0.2, 0) is 6.54 Å². The maximum absolute atomic E-state index is 12.9. The van der Waals surface area contributed by atoms with Crippen LogP contribution in [-0.4, -0.2) is 34.3 Å². The van der Waals surface area contributed by atoms with E-state index in [1.165, 1.54) is 0 Å². The zero-order valence-corrected chi connectivity index (χ0v) is 16.2. The van der Waals surface area contributed by atoms with Crippen LogP contribution < -0.4 is 5.32 Å². The highest BCUT2D eigenvalue weighted by molar-refractivity contribution is 6.30. The normalized spacial score (nSPS) is 16.8. The molecule has 27 heavy (non-hydrogen) atoms.